The third kappa shape index (κ3) is 3.56. The van der Waals surface area contributed by atoms with Gasteiger partial charge in [-0.25, -0.2) is 4.98 Å². The highest BCUT2D eigenvalue weighted by molar-refractivity contribution is 5.82. The SMILES string of the molecule is CCCC(N)C(=O)NC(c1ccccc1)c1nc2ccccc2n1C. The van der Waals surface area contributed by atoms with Crippen molar-refractivity contribution in [2.24, 2.45) is 12.8 Å². The number of para-hydroxylation sites is 2. The predicted octanol–water partition coefficient (Wildman–Crippen LogP) is 2.91. The van der Waals surface area contributed by atoms with Crippen LogP contribution in [-0.2, 0) is 11.8 Å². The van der Waals surface area contributed by atoms with Crippen LogP contribution in [0.15, 0.2) is 54.6 Å². The fraction of sp³-hybridized carbons (Fsp3) is 0.300. The monoisotopic (exact) mass is 336 g/mol. The minimum atomic E-state index is -0.508. The molecule has 1 aromatic heterocycles. The van der Waals surface area contributed by atoms with E-state index < -0.39 is 6.04 Å². The van der Waals surface area contributed by atoms with Gasteiger partial charge < -0.3 is 15.6 Å². The summed E-state index contributed by atoms with van der Waals surface area (Å²) in [6.07, 6.45) is 1.53. The maximum atomic E-state index is 12.5. The second-order valence-corrected chi connectivity index (χ2v) is 6.27. The molecular weight excluding hydrogens is 312 g/mol. The van der Waals surface area contributed by atoms with E-state index in [1.54, 1.807) is 0 Å². The molecule has 0 saturated carbocycles. The molecule has 0 radical (unpaired) electrons. The molecule has 130 valence electrons. The van der Waals surface area contributed by atoms with Crippen molar-refractivity contribution >= 4 is 16.9 Å². The van der Waals surface area contributed by atoms with Gasteiger partial charge in [0.25, 0.3) is 0 Å². The third-order valence-corrected chi connectivity index (χ3v) is 4.44. The summed E-state index contributed by atoms with van der Waals surface area (Å²) in [5.74, 6) is 0.646. The summed E-state index contributed by atoms with van der Waals surface area (Å²) in [5.41, 5.74) is 8.93. The topological polar surface area (TPSA) is 72.9 Å². The summed E-state index contributed by atoms with van der Waals surface area (Å²) < 4.78 is 2.03. The second-order valence-electron chi connectivity index (χ2n) is 6.27. The zero-order valence-electron chi connectivity index (χ0n) is 14.6. The van der Waals surface area contributed by atoms with E-state index in [0.717, 1.165) is 28.8 Å². The van der Waals surface area contributed by atoms with Crippen LogP contribution in [-0.4, -0.2) is 21.5 Å². The van der Waals surface area contributed by atoms with E-state index in [-0.39, 0.29) is 11.9 Å². The van der Waals surface area contributed by atoms with Crippen LogP contribution in [0.3, 0.4) is 0 Å². The summed E-state index contributed by atoms with van der Waals surface area (Å²) >= 11 is 0. The molecular formula is C20H24N4O. The Balaban J connectivity index is 2.01. The van der Waals surface area contributed by atoms with Crippen molar-refractivity contribution in [1.29, 1.82) is 0 Å². The highest BCUT2D eigenvalue weighted by Crippen LogP contribution is 2.25. The Bertz CT molecular complexity index is 857. The Kier molecular flexibility index (Phi) is 5.14. The Labute approximate surface area is 147 Å². The first kappa shape index (κ1) is 17.2. The summed E-state index contributed by atoms with van der Waals surface area (Å²) in [6.45, 7) is 2.02. The molecule has 5 heteroatoms. The summed E-state index contributed by atoms with van der Waals surface area (Å²) in [4.78, 5) is 17.3. The number of nitrogens with one attached hydrogen (secondary N) is 1. The molecule has 3 aromatic rings. The molecule has 0 bridgehead atoms. The zero-order valence-corrected chi connectivity index (χ0v) is 14.6. The number of amides is 1. The van der Waals surface area contributed by atoms with Gasteiger partial charge >= 0.3 is 0 Å². The number of fused-ring (bicyclic) bond motifs is 1. The van der Waals surface area contributed by atoms with Crippen LogP contribution in [0.5, 0.6) is 0 Å². The highest BCUT2D eigenvalue weighted by Gasteiger charge is 2.24. The lowest BCUT2D eigenvalue weighted by Crippen LogP contribution is -2.43. The molecule has 1 heterocycles. The van der Waals surface area contributed by atoms with Gasteiger partial charge in [0.15, 0.2) is 0 Å². The molecule has 0 aliphatic rings. The molecule has 25 heavy (non-hydrogen) atoms. The highest BCUT2D eigenvalue weighted by atomic mass is 16.2. The lowest BCUT2D eigenvalue weighted by Gasteiger charge is -2.21. The lowest BCUT2D eigenvalue weighted by atomic mass is 10.0. The normalized spacial score (nSPS) is 13.6. The van der Waals surface area contributed by atoms with Gasteiger partial charge in [-0.3, -0.25) is 4.79 Å². The first-order valence-electron chi connectivity index (χ1n) is 8.64. The number of aromatic nitrogens is 2. The molecule has 0 saturated heterocycles. The van der Waals surface area contributed by atoms with Crippen molar-refractivity contribution < 1.29 is 4.79 Å². The van der Waals surface area contributed by atoms with E-state index in [9.17, 15) is 4.79 Å². The van der Waals surface area contributed by atoms with Crippen LogP contribution in [0.4, 0.5) is 0 Å². The maximum Gasteiger partial charge on any atom is 0.237 e. The van der Waals surface area contributed by atoms with Gasteiger partial charge in [-0.2, -0.15) is 0 Å². The Morgan fingerprint density at radius 2 is 1.84 bits per heavy atom. The van der Waals surface area contributed by atoms with E-state index in [1.165, 1.54) is 0 Å². The summed E-state index contributed by atoms with van der Waals surface area (Å²) in [5, 5.41) is 3.09. The van der Waals surface area contributed by atoms with Crippen molar-refractivity contribution in [2.45, 2.75) is 31.8 Å². The first-order valence-corrected chi connectivity index (χ1v) is 8.64. The van der Waals surface area contributed by atoms with Gasteiger partial charge in [0.2, 0.25) is 5.91 Å². The van der Waals surface area contributed by atoms with Gasteiger partial charge in [-0.1, -0.05) is 55.8 Å². The molecule has 0 aliphatic heterocycles. The third-order valence-electron chi connectivity index (χ3n) is 4.44. The number of benzene rings is 2. The van der Waals surface area contributed by atoms with E-state index in [2.05, 4.69) is 5.32 Å². The molecule has 5 nitrogen and oxygen atoms in total. The number of imidazole rings is 1. The van der Waals surface area contributed by atoms with E-state index >= 15 is 0 Å². The molecule has 2 unspecified atom stereocenters. The number of nitrogens with zero attached hydrogens (tertiary/aromatic N) is 2. The zero-order chi connectivity index (χ0) is 17.8. The van der Waals surface area contributed by atoms with Crippen molar-refractivity contribution in [3.63, 3.8) is 0 Å². The standard InChI is InChI=1S/C20H24N4O/c1-3-9-15(21)20(25)23-18(14-10-5-4-6-11-14)19-22-16-12-7-8-13-17(16)24(19)2/h4-8,10-13,15,18H,3,9,21H2,1-2H3,(H,23,25). The second kappa shape index (κ2) is 7.49. The van der Waals surface area contributed by atoms with Gasteiger partial charge in [-0.05, 0) is 24.1 Å². The molecule has 3 N–H and O–H groups in total. The molecule has 2 aromatic carbocycles. The molecule has 3 rings (SSSR count). The fourth-order valence-corrected chi connectivity index (χ4v) is 3.06. The molecule has 1 amide bonds. The van der Waals surface area contributed by atoms with Crippen molar-refractivity contribution in [3.8, 4) is 0 Å². The van der Waals surface area contributed by atoms with Crippen molar-refractivity contribution in [3.05, 3.63) is 66.0 Å². The number of nitrogens with two attached hydrogens (primary N) is 1. The van der Waals surface area contributed by atoms with Gasteiger partial charge in [0.05, 0.1) is 17.1 Å². The Morgan fingerprint density at radius 1 is 1.16 bits per heavy atom. The maximum absolute atomic E-state index is 12.5. The Hall–Kier alpha value is -2.66. The summed E-state index contributed by atoms with van der Waals surface area (Å²) in [6, 6.07) is 17.0. The Morgan fingerprint density at radius 3 is 2.52 bits per heavy atom. The van der Waals surface area contributed by atoms with E-state index in [1.807, 2.05) is 73.1 Å². The number of rotatable bonds is 6. The quantitative estimate of drug-likeness (QED) is 0.727. The van der Waals surface area contributed by atoms with E-state index in [4.69, 9.17) is 10.7 Å². The molecule has 0 spiro atoms. The van der Waals surface area contributed by atoms with Gasteiger partial charge in [0, 0.05) is 7.05 Å². The minimum absolute atomic E-state index is 0.150. The van der Waals surface area contributed by atoms with Crippen molar-refractivity contribution in [2.75, 3.05) is 0 Å². The fourth-order valence-electron chi connectivity index (χ4n) is 3.06. The number of hydrogen-bond acceptors (Lipinski definition) is 3. The number of hydrogen-bond donors (Lipinski definition) is 2. The van der Waals surface area contributed by atoms with Gasteiger partial charge in [0.1, 0.15) is 11.9 Å². The van der Waals surface area contributed by atoms with Crippen LogP contribution in [0, 0.1) is 0 Å². The number of aryl methyl sites for hydroxylation is 1. The average Bonchev–Trinajstić information content (AvgIpc) is 2.97. The van der Waals surface area contributed by atoms with Crippen LogP contribution in [0.1, 0.15) is 37.2 Å². The largest absolute Gasteiger partial charge is 0.341 e. The molecule has 0 aliphatic carbocycles. The van der Waals surface area contributed by atoms with Gasteiger partial charge in [-0.15, -0.1) is 0 Å². The molecule has 0 fully saturated rings. The number of carbonyl (C=O) groups excluding carboxylic acids is 1. The first-order chi connectivity index (χ1) is 12.1. The number of carbonyl (C=O) groups is 1. The minimum Gasteiger partial charge on any atom is -0.341 e. The smallest absolute Gasteiger partial charge is 0.237 e. The average molecular weight is 336 g/mol. The van der Waals surface area contributed by atoms with Crippen LogP contribution in [0.25, 0.3) is 11.0 Å². The van der Waals surface area contributed by atoms with Crippen LogP contribution in [0.2, 0.25) is 0 Å². The van der Waals surface area contributed by atoms with Crippen LogP contribution >= 0.6 is 0 Å². The molecule has 2 atom stereocenters. The van der Waals surface area contributed by atoms with Crippen molar-refractivity contribution in [1.82, 2.24) is 14.9 Å². The summed E-state index contributed by atoms with van der Waals surface area (Å²) in [7, 11) is 1.97. The van der Waals surface area contributed by atoms with Crippen LogP contribution < -0.4 is 11.1 Å². The lowest BCUT2D eigenvalue weighted by molar-refractivity contribution is -0.123. The predicted molar refractivity (Wildman–Crippen MR) is 100 cm³/mol. The van der Waals surface area contributed by atoms with E-state index in [0.29, 0.717) is 6.42 Å².